The van der Waals surface area contributed by atoms with Gasteiger partial charge in [-0.05, 0) is 30.7 Å². The lowest BCUT2D eigenvalue weighted by Crippen LogP contribution is -2.52. The van der Waals surface area contributed by atoms with E-state index in [2.05, 4.69) is 0 Å². The molecule has 1 N–H and O–H groups in total. The number of halogens is 1. The molecule has 0 aromatic heterocycles. The molecule has 2 rings (SSSR count). The average Bonchev–Trinajstić information content (AvgIpc) is 2.11. The first-order chi connectivity index (χ1) is 8.30. The van der Waals surface area contributed by atoms with Gasteiger partial charge < -0.3 is 5.11 Å². The molecule has 98 valence electrons. The number of aryl methyl sites for hydroxylation is 1. The highest BCUT2D eigenvalue weighted by Gasteiger charge is 2.40. The molecule has 1 aliphatic heterocycles. The molecule has 0 aliphatic carbocycles. The van der Waals surface area contributed by atoms with Crippen LogP contribution in [0.2, 0.25) is 5.02 Å². The summed E-state index contributed by atoms with van der Waals surface area (Å²) in [5, 5.41) is 9.08. The zero-order chi connectivity index (χ0) is 13.5. The molecule has 18 heavy (non-hydrogen) atoms. The molecule has 1 fully saturated rings. The standard InChI is InChI=1S/C11H12ClNO4S/c1-7-2-9(12)4-10(3-7)18(16,17)13-5-8(6-13)11(14)15/h2-4,8H,5-6H2,1H3,(H,14,15). The number of hydrogen-bond acceptors (Lipinski definition) is 3. The van der Waals surface area contributed by atoms with Gasteiger partial charge in [0.25, 0.3) is 0 Å². The van der Waals surface area contributed by atoms with Gasteiger partial charge in [0.05, 0.1) is 10.8 Å². The van der Waals surface area contributed by atoms with Crippen molar-refractivity contribution in [3.8, 4) is 0 Å². The highest BCUT2D eigenvalue weighted by molar-refractivity contribution is 7.89. The largest absolute Gasteiger partial charge is 0.481 e. The molecule has 5 nitrogen and oxygen atoms in total. The Labute approximate surface area is 110 Å². The van der Waals surface area contributed by atoms with Crippen molar-refractivity contribution >= 4 is 27.6 Å². The predicted molar refractivity (Wildman–Crippen MR) is 66.1 cm³/mol. The van der Waals surface area contributed by atoms with Crippen LogP contribution in [0.3, 0.4) is 0 Å². The first-order valence-corrected chi connectivity index (χ1v) is 7.12. The highest BCUT2D eigenvalue weighted by Crippen LogP contribution is 2.27. The minimum absolute atomic E-state index is 0.0171. The lowest BCUT2D eigenvalue weighted by molar-refractivity contribution is -0.145. The van der Waals surface area contributed by atoms with Gasteiger partial charge in [-0.3, -0.25) is 4.79 Å². The Kier molecular flexibility index (Phi) is 3.35. The van der Waals surface area contributed by atoms with E-state index in [0.717, 1.165) is 9.87 Å². The summed E-state index contributed by atoms with van der Waals surface area (Å²) < 4.78 is 25.5. The van der Waals surface area contributed by atoms with E-state index in [1.807, 2.05) is 0 Å². The van der Waals surface area contributed by atoms with Gasteiger partial charge in [0, 0.05) is 18.1 Å². The summed E-state index contributed by atoms with van der Waals surface area (Å²) in [5.41, 5.74) is 0.747. The molecule has 1 aromatic carbocycles. The minimum Gasteiger partial charge on any atom is -0.481 e. The van der Waals surface area contributed by atoms with Crippen LogP contribution in [0.4, 0.5) is 0 Å². The summed E-state index contributed by atoms with van der Waals surface area (Å²) in [5.74, 6) is -1.58. The lowest BCUT2D eigenvalue weighted by atomic mass is 10.0. The predicted octanol–water partition coefficient (Wildman–Crippen LogP) is 1.35. The van der Waals surface area contributed by atoms with Gasteiger partial charge in [-0.1, -0.05) is 11.6 Å². The lowest BCUT2D eigenvalue weighted by Gasteiger charge is -2.35. The number of sulfonamides is 1. The first kappa shape index (κ1) is 13.3. The number of rotatable bonds is 3. The zero-order valence-electron chi connectivity index (χ0n) is 9.63. The molecule has 0 radical (unpaired) electrons. The number of aliphatic carboxylic acids is 1. The third kappa shape index (κ3) is 2.36. The smallest absolute Gasteiger partial charge is 0.309 e. The Morgan fingerprint density at radius 3 is 2.50 bits per heavy atom. The number of carboxylic acids is 1. The van der Waals surface area contributed by atoms with Crippen molar-refractivity contribution in [3.05, 3.63) is 28.8 Å². The average molecular weight is 290 g/mol. The molecular weight excluding hydrogens is 278 g/mol. The first-order valence-electron chi connectivity index (χ1n) is 5.31. The normalized spacial score (nSPS) is 17.4. The Balaban J connectivity index is 2.25. The van der Waals surface area contributed by atoms with E-state index in [9.17, 15) is 13.2 Å². The summed E-state index contributed by atoms with van der Waals surface area (Å²) in [7, 11) is -3.63. The van der Waals surface area contributed by atoms with Crippen LogP contribution in [0.1, 0.15) is 5.56 Å². The summed E-state index contributed by atoms with van der Waals surface area (Å²) in [4.78, 5) is 10.8. The minimum atomic E-state index is -3.63. The number of nitrogens with zero attached hydrogens (tertiary/aromatic N) is 1. The Morgan fingerprint density at radius 1 is 1.39 bits per heavy atom. The van der Waals surface area contributed by atoms with E-state index >= 15 is 0 Å². The Morgan fingerprint density at radius 2 is 2.00 bits per heavy atom. The van der Waals surface area contributed by atoms with Gasteiger partial charge in [-0.2, -0.15) is 4.31 Å². The van der Waals surface area contributed by atoms with Crippen molar-refractivity contribution in [2.75, 3.05) is 13.1 Å². The Hall–Kier alpha value is -1.11. The van der Waals surface area contributed by atoms with Crippen LogP contribution in [-0.2, 0) is 14.8 Å². The van der Waals surface area contributed by atoms with Crippen LogP contribution < -0.4 is 0 Å². The van der Waals surface area contributed by atoms with Gasteiger partial charge >= 0.3 is 5.97 Å². The van der Waals surface area contributed by atoms with Crippen LogP contribution in [0.15, 0.2) is 23.1 Å². The molecule has 0 spiro atoms. The summed E-state index contributed by atoms with van der Waals surface area (Å²) in [6.07, 6.45) is 0. The number of carboxylic acid groups (broad SMARTS) is 1. The third-order valence-electron chi connectivity index (χ3n) is 2.85. The topological polar surface area (TPSA) is 74.7 Å². The third-order valence-corrected chi connectivity index (χ3v) is 4.88. The maximum absolute atomic E-state index is 12.2. The molecule has 7 heteroatoms. The molecular formula is C11H12ClNO4S. The van der Waals surface area contributed by atoms with Gasteiger partial charge in [0.15, 0.2) is 0 Å². The fraction of sp³-hybridized carbons (Fsp3) is 0.364. The van der Waals surface area contributed by atoms with Crippen LogP contribution in [0.5, 0.6) is 0 Å². The second kappa shape index (κ2) is 4.53. The van der Waals surface area contributed by atoms with E-state index in [4.69, 9.17) is 16.7 Å². The van der Waals surface area contributed by atoms with Crippen molar-refractivity contribution in [2.24, 2.45) is 5.92 Å². The van der Waals surface area contributed by atoms with Crippen molar-refractivity contribution in [3.63, 3.8) is 0 Å². The quantitative estimate of drug-likeness (QED) is 0.911. The van der Waals surface area contributed by atoms with Crippen LogP contribution in [0.25, 0.3) is 0 Å². The van der Waals surface area contributed by atoms with Gasteiger partial charge in [0.1, 0.15) is 0 Å². The van der Waals surface area contributed by atoms with Crippen LogP contribution in [-0.4, -0.2) is 36.9 Å². The van der Waals surface area contributed by atoms with Crippen LogP contribution >= 0.6 is 11.6 Å². The van der Waals surface area contributed by atoms with Crippen molar-refractivity contribution in [1.29, 1.82) is 0 Å². The van der Waals surface area contributed by atoms with E-state index in [1.165, 1.54) is 12.1 Å². The summed E-state index contributed by atoms with van der Waals surface area (Å²) >= 11 is 5.82. The molecule has 1 aromatic rings. The number of hydrogen-bond donors (Lipinski definition) is 1. The summed E-state index contributed by atoms with van der Waals surface area (Å²) in [6.45, 7) is 1.79. The van der Waals surface area contributed by atoms with Crippen molar-refractivity contribution in [1.82, 2.24) is 4.31 Å². The van der Waals surface area contributed by atoms with Crippen LogP contribution in [0, 0.1) is 12.8 Å². The molecule has 0 bridgehead atoms. The molecule has 0 atom stereocenters. The molecule has 1 aliphatic rings. The van der Waals surface area contributed by atoms with Crippen molar-refractivity contribution in [2.45, 2.75) is 11.8 Å². The molecule has 1 saturated heterocycles. The maximum atomic E-state index is 12.2. The fourth-order valence-electron chi connectivity index (χ4n) is 1.79. The van der Waals surface area contributed by atoms with Gasteiger partial charge in [0.2, 0.25) is 10.0 Å². The molecule has 1 heterocycles. The van der Waals surface area contributed by atoms with Gasteiger partial charge in [-0.15, -0.1) is 0 Å². The SMILES string of the molecule is Cc1cc(Cl)cc(S(=O)(=O)N2CC(C(=O)O)C2)c1. The monoisotopic (exact) mass is 289 g/mol. The van der Waals surface area contributed by atoms with Gasteiger partial charge in [-0.25, -0.2) is 8.42 Å². The van der Waals surface area contributed by atoms with Crippen molar-refractivity contribution < 1.29 is 18.3 Å². The van der Waals surface area contributed by atoms with E-state index in [0.29, 0.717) is 5.02 Å². The second-order valence-electron chi connectivity index (χ2n) is 4.32. The number of carbonyl (C=O) groups is 1. The molecule has 0 amide bonds. The number of benzene rings is 1. The molecule has 0 unspecified atom stereocenters. The highest BCUT2D eigenvalue weighted by atomic mass is 35.5. The van der Waals surface area contributed by atoms with E-state index in [-0.39, 0.29) is 18.0 Å². The zero-order valence-corrected chi connectivity index (χ0v) is 11.2. The summed E-state index contributed by atoms with van der Waals surface area (Å²) in [6, 6.07) is 4.56. The maximum Gasteiger partial charge on any atom is 0.309 e. The van der Waals surface area contributed by atoms with E-state index in [1.54, 1.807) is 13.0 Å². The van der Waals surface area contributed by atoms with E-state index < -0.39 is 21.9 Å². The fourth-order valence-corrected chi connectivity index (χ4v) is 3.81. The Bertz CT molecular complexity index is 573. The molecule has 0 saturated carbocycles. The second-order valence-corrected chi connectivity index (χ2v) is 6.70.